The van der Waals surface area contributed by atoms with Gasteiger partial charge in [0.1, 0.15) is 5.82 Å². The van der Waals surface area contributed by atoms with Gasteiger partial charge in [-0.25, -0.2) is 4.39 Å². The van der Waals surface area contributed by atoms with E-state index in [2.05, 4.69) is 16.8 Å². The standard InChI is InChI=1S/C13H19FN2O/c1-15-7-8-16(11(10-15)6-9-17)13-5-3-2-4-12(13)14/h2-5,11,17H,6-10H2,1H3. The molecule has 1 unspecified atom stereocenters. The smallest absolute Gasteiger partial charge is 0.146 e. The van der Waals surface area contributed by atoms with E-state index in [9.17, 15) is 4.39 Å². The third kappa shape index (κ3) is 2.76. The molecule has 0 saturated carbocycles. The van der Waals surface area contributed by atoms with Crippen LogP contribution in [0.4, 0.5) is 10.1 Å². The van der Waals surface area contributed by atoms with Gasteiger partial charge in [0.2, 0.25) is 0 Å². The molecule has 0 aliphatic carbocycles. The van der Waals surface area contributed by atoms with E-state index in [1.165, 1.54) is 6.07 Å². The summed E-state index contributed by atoms with van der Waals surface area (Å²) in [6.45, 7) is 2.75. The molecule has 3 nitrogen and oxygen atoms in total. The summed E-state index contributed by atoms with van der Waals surface area (Å²) in [6.07, 6.45) is 0.679. The second kappa shape index (κ2) is 5.47. The summed E-state index contributed by atoms with van der Waals surface area (Å²) in [5, 5.41) is 9.10. The highest BCUT2D eigenvalue weighted by molar-refractivity contribution is 5.49. The molecule has 0 aromatic heterocycles. The van der Waals surface area contributed by atoms with Crippen molar-refractivity contribution >= 4 is 5.69 Å². The van der Waals surface area contributed by atoms with Crippen LogP contribution in [0.15, 0.2) is 24.3 Å². The van der Waals surface area contributed by atoms with Gasteiger partial charge in [0.05, 0.1) is 5.69 Å². The Labute approximate surface area is 101 Å². The monoisotopic (exact) mass is 238 g/mol. The number of nitrogens with zero attached hydrogens (tertiary/aromatic N) is 2. The minimum atomic E-state index is -0.181. The number of hydrogen-bond acceptors (Lipinski definition) is 3. The lowest BCUT2D eigenvalue weighted by molar-refractivity contribution is 0.218. The number of piperazine rings is 1. The number of likely N-dealkylation sites (N-methyl/N-ethyl adjacent to an activating group) is 1. The fraction of sp³-hybridized carbons (Fsp3) is 0.538. The Morgan fingerprint density at radius 2 is 2.12 bits per heavy atom. The van der Waals surface area contributed by atoms with Crippen LogP contribution in [-0.2, 0) is 0 Å². The third-order valence-electron chi connectivity index (χ3n) is 3.31. The minimum absolute atomic E-state index is 0.142. The number of para-hydroxylation sites is 1. The summed E-state index contributed by atoms with van der Waals surface area (Å²) in [5.41, 5.74) is 0.652. The maximum absolute atomic E-state index is 13.8. The number of benzene rings is 1. The van der Waals surface area contributed by atoms with Crippen molar-refractivity contribution in [3.05, 3.63) is 30.1 Å². The number of aliphatic hydroxyl groups is 1. The number of anilines is 1. The van der Waals surface area contributed by atoms with Gasteiger partial charge in [-0.1, -0.05) is 12.1 Å². The quantitative estimate of drug-likeness (QED) is 0.860. The van der Waals surface area contributed by atoms with Gasteiger partial charge in [0.15, 0.2) is 0 Å². The third-order valence-corrected chi connectivity index (χ3v) is 3.31. The Balaban J connectivity index is 2.20. The van der Waals surface area contributed by atoms with Crippen molar-refractivity contribution in [1.29, 1.82) is 0 Å². The Kier molecular flexibility index (Phi) is 3.97. The van der Waals surface area contributed by atoms with Crippen LogP contribution in [0.1, 0.15) is 6.42 Å². The molecule has 1 aliphatic rings. The second-order valence-corrected chi connectivity index (χ2v) is 4.57. The van der Waals surface area contributed by atoms with Crippen LogP contribution in [-0.4, -0.2) is 49.3 Å². The Morgan fingerprint density at radius 3 is 2.82 bits per heavy atom. The fourth-order valence-corrected chi connectivity index (χ4v) is 2.41. The highest BCUT2D eigenvalue weighted by Crippen LogP contribution is 2.24. The molecule has 1 aliphatic heterocycles. The van der Waals surface area contributed by atoms with E-state index in [0.717, 1.165) is 19.6 Å². The van der Waals surface area contributed by atoms with E-state index in [0.29, 0.717) is 12.1 Å². The van der Waals surface area contributed by atoms with Crippen molar-refractivity contribution in [2.24, 2.45) is 0 Å². The van der Waals surface area contributed by atoms with Gasteiger partial charge in [-0.3, -0.25) is 0 Å². The van der Waals surface area contributed by atoms with E-state index < -0.39 is 0 Å². The molecule has 1 heterocycles. The number of halogens is 1. The lowest BCUT2D eigenvalue weighted by atomic mass is 10.1. The number of rotatable bonds is 3. The van der Waals surface area contributed by atoms with Gasteiger partial charge in [0, 0.05) is 32.3 Å². The molecule has 1 saturated heterocycles. The van der Waals surface area contributed by atoms with Crippen molar-refractivity contribution in [1.82, 2.24) is 4.90 Å². The average molecular weight is 238 g/mol. The topological polar surface area (TPSA) is 26.7 Å². The van der Waals surface area contributed by atoms with Gasteiger partial charge in [-0.15, -0.1) is 0 Å². The molecule has 1 N–H and O–H groups in total. The molecule has 2 rings (SSSR count). The first-order chi connectivity index (χ1) is 8.22. The van der Waals surface area contributed by atoms with E-state index >= 15 is 0 Å². The maximum atomic E-state index is 13.8. The SMILES string of the molecule is CN1CCN(c2ccccc2F)C(CCO)C1. The predicted molar refractivity (Wildman–Crippen MR) is 66.7 cm³/mol. The lowest BCUT2D eigenvalue weighted by Gasteiger charge is -2.41. The van der Waals surface area contributed by atoms with Crippen molar-refractivity contribution < 1.29 is 9.50 Å². The number of aliphatic hydroxyl groups excluding tert-OH is 1. The van der Waals surface area contributed by atoms with Crippen LogP contribution in [0.2, 0.25) is 0 Å². The minimum Gasteiger partial charge on any atom is -0.396 e. The summed E-state index contributed by atoms with van der Waals surface area (Å²) in [6, 6.07) is 7.05. The van der Waals surface area contributed by atoms with Crippen LogP contribution in [0.25, 0.3) is 0 Å². The van der Waals surface area contributed by atoms with Crippen LogP contribution in [0.3, 0.4) is 0 Å². The first-order valence-electron chi connectivity index (χ1n) is 6.03. The summed E-state index contributed by atoms with van der Waals surface area (Å²) < 4.78 is 13.8. The molecule has 17 heavy (non-hydrogen) atoms. The second-order valence-electron chi connectivity index (χ2n) is 4.57. The maximum Gasteiger partial charge on any atom is 0.146 e. The zero-order valence-corrected chi connectivity index (χ0v) is 10.1. The molecule has 0 bridgehead atoms. The molecule has 4 heteroatoms. The van der Waals surface area contributed by atoms with Crippen molar-refractivity contribution in [3.63, 3.8) is 0 Å². The molecule has 1 aromatic carbocycles. The molecule has 1 atom stereocenters. The van der Waals surface area contributed by atoms with Crippen molar-refractivity contribution in [3.8, 4) is 0 Å². The Morgan fingerprint density at radius 1 is 1.35 bits per heavy atom. The van der Waals surface area contributed by atoms with E-state index in [-0.39, 0.29) is 18.5 Å². The summed E-state index contributed by atoms with van der Waals surface area (Å²) in [5.74, 6) is -0.181. The fourth-order valence-electron chi connectivity index (χ4n) is 2.41. The first-order valence-corrected chi connectivity index (χ1v) is 6.03. The molecule has 1 aromatic rings. The zero-order valence-electron chi connectivity index (χ0n) is 10.1. The molecule has 0 radical (unpaired) electrons. The zero-order chi connectivity index (χ0) is 12.3. The highest BCUT2D eigenvalue weighted by atomic mass is 19.1. The van der Waals surface area contributed by atoms with Gasteiger partial charge in [-0.05, 0) is 25.6 Å². The predicted octanol–water partition coefficient (Wildman–Crippen LogP) is 1.33. The molecule has 1 fully saturated rings. The number of hydrogen-bond donors (Lipinski definition) is 1. The molecule has 0 spiro atoms. The van der Waals surface area contributed by atoms with Gasteiger partial charge in [-0.2, -0.15) is 0 Å². The summed E-state index contributed by atoms with van der Waals surface area (Å²) >= 11 is 0. The normalized spacial score (nSPS) is 21.8. The molecule has 0 amide bonds. The van der Waals surface area contributed by atoms with Crippen molar-refractivity contribution in [2.75, 3.05) is 38.2 Å². The highest BCUT2D eigenvalue weighted by Gasteiger charge is 2.26. The summed E-state index contributed by atoms with van der Waals surface area (Å²) in [4.78, 5) is 4.29. The molecular formula is C13H19FN2O. The largest absolute Gasteiger partial charge is 0.396 e. The molecule has 94 valence electrons. The van der Waals surface area contributed by atoms with Crippen LogP contribution in [0.5, 0.6) is 0 Å². The van der Waals surface area contributed by atoms with Crippen LogP contribution in [0, 0.1) is 5.82 Å². The van der Waals surface area contributed by atoms with E-state index in [4.69, 9.17) is 5.11 Å². The van der Waals surface area contributed by atoms with E-state index in [1.54, 1.807) is 6.07 Å². The lowest BCUT2D eigenvalue weighted by Crippen LogP contribution is -2.52. The van der Waals surface area contributed by atoms with Gasteiger partial charge in [0.25, 0.3) is 0 Å². The van der Waals surface area contributed by atoms with Crippen molar-refractivity contribution in [2.45, 2.75) is 12.5 Å². The summed E-state index contributed by atoms with van der Waals surface area (Å²) in [7, 11) is 2.06. The van der Waals surface area contributed by atoms with Crippen LogP contribution < -0.4 is 4.90 Å². The molecular weight excluding hydrogens is 219 g/mol. The average Bonchev–Trinajstić information content (AvgIpc) is 2.31. The van der Waals surface area contributed by atoms with Gasteiger partial charge >= 0.3 is 0 Å². The van der Waals surface area contributed by atoms with Gasteiger partial charge < -0.3 is 14.9 Å². The van der Waals surface area contributed by atoms with E-state index in [1.807, 2.05) is 12.1 Å². The Hall–Kier alpha value is -1.13. The van der Waals surface area contributed by atoms with Crippen LogP contribution >= 0.6 is 0 Å². The first kappa shape index (κ1) is 12.3. The Bertz CT molecular complexity index is 372.